The summed E-state index contributed by atoms with van der Waals surface area (Å²) in [7, 11) is 0. The molecule has 1 aromatic carbocycles. The van der Waals surface area contributed by atoms with Crippen LogP contribution in [0.4, 0.5) is 4.39 Å². The second kappa shape index (κ2) is 4.64. The lowest BCUT2D eigenvalue weighted by Gasteiger charge is -2.07. The van der Waals surface area contributed by atoms with E-state index in [4.69, 9.17) is 4.74 Å². The summed E-state index contributed by atoms with van der Waals surface area (Å²) in [5.41, 5.74) is 0. The van der Waals surface area contributed by atoms with Gasteiger partial charge in [0.15, 0.2) is 11.6 Å². The van der Waals surface area contributed by atoms with Gasteiger partial charge >= 0.3 is 0 Å². The Morgan fingerprint density at radius 1 is 1.07 bits per heavy atom. The van der Waals surface area contributed by atoms with Gasteiger partial charge in [0.25, 0.3) is 0 Å². The lowest BCUT2D eigenvalue weighted by Crippen LogP contribution is -2.06. The summed E-state index contributed by atoms with van der Waals surface area (Å²) in [4.78, 5) is 0. The van der Waals surface area contributed by atoms with Gasteiger partial charge in [0.1, 0.15) is 6.61 Å². The number of nitrogens with zero attached hydrogens (tertiary/aromatic N) is 1. The molecule has 1 heterocycles. The van der Waals surface area contributed by atoms with Crippen molar-refractivity contribution < 1.29 is 9.13 Å². The molecule has 0 saturated heterocycles. The van der Waals surface area contributed by atoms with Crippen LogP contribution in [0.2, 0.25) is 0 Å². The van der Waals surface area contributed by atoms with Crippen molar-refractivity contribution >= 4 is 0 Å². The van der Waals surface area contributed by atoms with Crippen molar-refractivity contribution in [3.63, 3.8) is 0 Å². The Bertz CT molecular complexity index is 411. The maximum absolute atomic E-state index is 13.1. The maximum atomic E-state index is 13.1. The van der Waals surface area contributed by atoms with E-state index in [9.17, 15) is 4.39 Å². The minimum absolute atomic E-state index is 0.310. The third kappa shape index (κ3) is 2.59. The average molecular weight is 205 g/mol. The molecule has 3 heteroatoms. The van der Waals surface area contributed by atoms with Gasteiger partial charge < -0.3 is 9.30 Å². The molecule has 0 bridgehead atoms. The van der Waals surface area contributed by atoms with E-state index in [2.05, 4.69) is 0 Å². The van der Waals surface area contributed by atoms with Crippen molar-refractivity contribution in [1.29, 1.82) is 0 Å². The fraction of sp³-hybridized carbons (Fsp3) is 0.167. The summed E-state index contributed by atoms with van der Waals surface area (Å²) in [5, 5.41) is 0. The van der Waals surface area contributed by atoms with Gasteiger partial charge in [-0.25, -0.2) is 4.39 Å². The van der Waals surface area contributed by atoms with Crippen LogP contribution < -0.4 is 4.74 Å². The summed E-state index contributed by atoms with van der Waals surface area (Å²) >= 11 is 0. The fourth-order valence-corrected chi connectivity index (χ4v) is 1.34. The van der Waals surface area contributed by atoms with Gasteiger partial charge in [-0.2, -0.15) is 0 Å². The zero-order chi connectivity index (χ0) is 10.5. The van der Waals surface area contributed by atoms with Crippen molar-refractivity contribution in [2.75, 3.05) is 6.61 Å². The molecule has 0 spiro atoms. The first-order valence-electron chi connectivity index (χ1n) is 4.84. The van der Waals surface area contributed by atoms with E-state index in [-0.39, 0.29) is 5.82 Å². The van der Waals surface area contributed by atoms with Crippen LogP contribution in [0.3, 0.4) is 0 Å². The quantitative estimate of drug-likeness (QED) is 0.748. The highest BCUT2D eigenvalue weighted by atomic mass is 19.1. The van der Waals surface area contributed by atoms with E-state index in [1.54, 1.807) is 18.2 Å². The fourth-order valence-electron chi connectivity index (χ4n) is 1.34. The van der Waals surface area contributed by atoms with E-state index < -0.39 is 0 Å². The number of hydrogen-bond acceptors (Lipinski definition) is 1. The zero-order valence-corrected chi connectivity index (χ0v) is 8.27. The first kappa shape index (κ1) is 9.77. The largest absolute Gasteiger partial charge is 0.489 e. The normalized spacial score (nSPS) is 10.2. The lowest BCUT2D eigenvalue weighted by molar-refractivity contribution is 0.284. The molecule has 1 aromatic heterocycles. The minimum Gasteiger partial charge on any atom is -0.489 e. The molecule has 0 atom stereocenters. The van der Waals surface area contributed by atoms with Crippen molar-refractivity contribution in [3.05, 3.63) is 54.6 Å². The highest BCUT2D eigenvalue weighted by Crippen LogP contribution is 2.15. The third-order valence-electron chi connectivity index (χ3n) is 2.11. The highest BCUT2D eigenvalue weighted by Gasteiger charge is 2.00. The van der Waals surface area contributed by atoms with E-state index >= 15 is 0 Å². The number of rotatable bonds is 4. The lowest BCUT2D eigenvalue weighted by atomic mass is 10.3. The van der Waals surface area contributed by atoms with Gasteiger partial charge in [-0.3, -0.25) is 0 Å². The predicted molar refractivity (Wildman–Crippen MR) is 56.3 cm³/mol. The van der Waals surface area contributed by atoms with Crippen LogP contribution in [0.25, 0.3) is 0 Å². The summed E-state index contributed by atoms with van der Waals surface area (Å²) in [6, 6.07) is 10.3. The Balaban J connectivity index is 1.86. The first-order valence-corrected chi connectivity index (χ1v) is 4.84. The molecule has 0 unspecified atom stereocenters. The number of ether oxygens (including phenoxy) is 1. The van der Waals surface area contributed by atoms with E-state index in [1.807, 2.05) is 29.1 Å². The molecule has 0 saturated carbocycles. The first-order chi connectivity index (χ1) is 7.36. The van der Waals surface area contributed by atoms with Gasteiger partial charge in [-0.15, -0.1) is 0 Å². The predicted octanol–water partition coefficient (Wildman–Crippen LogP) is 2.71. The van der Waals surface area contributed by atoms with E-state index in [1.165, 1.54) is 6.07 Å². The third-order valence-corrected chi connectivity index (χ3v) is 2.11. The van der Waals surface area contributed by atoms with Crippen molar-refractivity contribution in [2.24, 2.45) is 0 Å². The highest BCUT2D eigenvalue weighted by molar-refractivity contribution is 5.23. The molecule has 2 aromatic rings. The molecule has 0 N–H and O–H groups in total. The number of para-hydroxylation sites is 1. The second-order valence-electron chi connectivity index (χ2n) is 3.20. The number of benzene rings is 1. The Morgan fingerprint density at radius 3 is 2.53 bits per heavy atom. The van der Waals surface area contributed by atoms with Crippen molar-refractivity contribution in [2.45, 2.75) is 6.54 Å². The molecular weight excluding hydrogens is 193 g/mol. The van der Waals surface area contributed by atoms with Crippen LogP contribution in [0.1, 0.15) is 0 Å². The van der Waals surface area contributed by atoms with Gasteiger partial charge in [-0.1, -0.05) is 12.1 Å². The summed E-state index contributed by atoms with van der Waals surface area (Å²) in [5.74, 6) is -0.00494. The minimum atomic E-state index is -0.315. The molecule has 15 heavy (non-hydrogen) atoms. The molecule has 0 aliphatic carbocycles. The summed E-state index contributed by atoms with van der Waals surface area (Å²) in [6.07, 6.45) is 3.90. The van der Waals surface area contributed by atoms with Crippen LogP contribution in [0.5, 0.6) is 5.75 Å². The van der Waals surface area contributed by atoms with Gasteiger partial charge in [0.05, 0.1) is 6.54 Å². The monoisotopic (exact) mass is 205 g/mol. The van der Waals surface area contributed by atoms with Crippen LogP contribution in [-0.2, 0) is 6.54 Å². The second-order valence-corrected chi connectivity index (χ2v) is 3.20. The van der Waals surface area contributed by atoms with Crippen LogP contribution in [0.15, 0.2) is 48.8 Å². The Hall–Kier alpha value is -1.77. The standard InChI is InChI=1S/C12H12FNO/c13-11-5-1-2-6-12(11)15-10-9-14-7-3-4-8-14/h1-8H,9-10H2. The topological polar surface area (TPSA) is 14.2 Å². The SMILES string of the molecule is Fc1ccccc1OCCn1cccc1. The molecule has 0 aliphatic rings. The van der Waals surface area contributed by atoms with E-state index in [0.29, 0.717) is 12.4 Å². The smallest absolute Gasteiger partial charge is 0.165 e. The van der Waals surface area contributed by atoms with Crippen LogP contribution >= 0.6 is 0 Å². The summed E-state index contributed by atoms with van der Waals surface area (Å²) in [6.45, 7) is 1.19. The number of halogens is 1. The summed E-state index contributed by atoms with van der Waals surface area (Å²) < 4.78 is 20.4. The average Bonchev–Trinajstić information content (AvgIpc) is 2.74. The number of aromatic nitrogens is 1. The van der Waals surface area contributed by atoms with Crippen LogP contribution in [0, 0.1) is 5.82 Å². The molecule has 0 amide bonds. The van der Waals surface area contributed by atoms with Crippen molar-refractivity contribution in [3.8, 4) is 5.75 Å². The zero-order valence-electron chi connectivity index (χ0n) is 8.27. The maximum Gasteiger partial charge on any atom is 0.165 e. The van der Waals surface area contributed by atoms with Gasteiger partial charge in [-0.05, 0) is 24.3 Å². The Kier molecular flexibility index (Phi) is 3.02. The molecule has 0 aliphatic heterocycles. The van der Waals surface area contributed by atoms with Crippen LogP contribution in [-0.4, -0.2) is 11.2 Å². The molecule has 0 radical (unpaired) electrons. The van der Waals surface area contributed by atoms with Gasteiger partial charge in [0.2, 0.25) is 0 Å². The van der Waals surface area contributed by atoms with Gasteiger partial charge in [0, 0.05) is 12.4 Å². The number of hydrogen-bond donors (Lipinski definition) is 0. The Morgan fingerprint density at radius 2 is 1.80 bits per heavy atom. The Labute approximate surface area is 87.9 Å². The molecule has 2 rings (SSSR count). The molecule has 2 nitrogen and oxygen atoms in total. The van der Waals surface area contributed by atoms with Crippen molar-refractivity contribution in [1.82, 2.24) is 4.57 Å². The van der Waals surface area contributed by atoms with E-state index in [0.717, 1.165) is 6.54 Å². The molecule has 78 valence electrons. The molecule has 0 fully saturated rings. The molecular formula is C12H12FNO.